The molecule has 1 fully saturated rings. The molecule has 3 amide bonds. The molecule has 0 saturated carbocycles. The van der Waals surface area contributed by atoms with Gasteiger partial charge in [-0.25, -0.2) is 4.79 Å². The molecule has 0 aliphatic carbocycles. The number of urea groups is 1. The second-order valence-corrected chi connectivity index (χ2v) is 4.84. The highest BCUT2D eigenvalue weighted by Crippen LogP contribution is 2.10. The van der Waals surface area contributed by atoms with Crippen molar-refractivity contribution in [1.82, 2.24) is 20.9 Å². The van der Waals surface area contributed by atoms with Crippen LogP contribution in [-0.2, 0) is 9.53 Å². The lowest BCUT2D eigenvalue weighted by Gasteiger charge is -2.33. The van der Waals surface area contributed by atoms with Crippen molar-refractivity contribution in [1.29, 1.82) is 0 Å². The Balaban J connectivity index is 2.29. The predicted octanol–water partition coefficient (Wildman–Crippen LogP) is -0.467. The molecule has 0 atom stereocenters. The molecule has 1 aliphatic rings. The maximum Gasteiger partial charge on any atom is 0.321 e. The van der Waals surface area contributed by atoms with Gasteiger partial charge in [0.2, 0.25) is 5.91 Å². The fraction of sp³-hybridized carbons (Fsp3) is 0.846. The molecule has 0 unspecified atom stereocenters. The van der Waals surface area contributed by atoms with Crippen LogP contribution < -0.4 is 16.0 Å². The van der Waals surface area contributed by atoms with Crippen molar-refractivity contribution in [3.8, 4) is 0 Å². The van der Waals surface area contributed by atoms with E-state index in [0.29, 0.717) is 19.2 Å². The summed E-state index contributed by atoms with van der Waals surface area (Å²) < 4.78 is 4.82. The number of imide groups is 1. The van der Waals surface area contributed by atoms with Crippen LogP contribution in [0.2, 0.25) is 0 Å². The minimum Gasteiger partial charge on any atom is -0.383 e. The first-order chi connectivity index (χ1) is 9.67. The maximum atomic E-state index is 11.8. The Morgan fingerprint density at radius 2 is 2.05 bits per heavy atom. The van der Waals surface area contributed by atoms with Gasteiger partial charge in [-0.05, 0) is 32.5 Å². The van der Waals surface area contributed by atoms with E-state index in [1.807, 2.05) is 6.92 Å². The standard InChI is InChI=1S/C13H26N4O3/c1-3-17(11-4-6-14-7-5-11)10-12(18)16-13(19)15-8-9-20-2/h11,14H,3-10H2,1-2H3,(H2,15,16,18,19). The van der Waals surface area contributed by atoms with Gasteiger partial charge in [-0.1, -0.05) is 6.92 Å². The second kappa shape index (κ2) is 9.68. The van der Waals surface area contributed by atoms with Gasteiger partial charge < -0.3 is 15.4 Å². The van der Waals surface area contributed by atoms with Crippen molar-refractivity contribution < 1.29 is 14.3 Å². The Bertz CT molecular complexity index is 306. The summed E-state index contributed by atoms with van der Waals surface area (Å²) in [6, 6.07) is -0.0445. The number of hydrogen-bond donors (Lipinski definition) is 3. The van der Waals surface area contributed by atoms with Crippen LogP contribution in [0.25, 0.3) is 0 Å². The van der Waals surface area contributed by atoms with Gasteiger partial charge in [0.15, 0.2) is 0 Å². The zero-order valence-electron chi connectivity index (χ0n) is 12.4. The summed E-state index contributed by atoms with van der Waals surface area (Å²) in [6.45, 7) is 5.90. The van der Waals surface area contributed by atoms with Crippen LogP contribution in [0.15, 0.2) is 0 Å². The summed E-state index contributed by atoms with van der Waals surface area (Å²) in [6.07, 6.45) is 2.09. The van der Waals surface area contributed by atoms with E-state index >= 15 is 0 Å². The molecule has 1 saturated heterocycles. The predicted molar refractivity (Wildman–Crippen MR) is 76.6 cm³/mol. The second-order valence-electron chi connectivity index (χ2n) is 4.84. The molecule has 7 heteroatoms. The largest absolute Gasteiger partial charge is 0.383 e. The number of likely N-dealkylation sites (N-methyl/N-ethyl adjacent to an activating group) is 1. The fourth-order valence-corrected chi connectivity index (χ4v) is 2.33. The molecule has 0 bridgehead atoms. The average molecular weight is 286 g/mol. The lowest BCUT2D eigenvalue weighted by Crippen LogP contribution is -2.49. The molecule has 1 heterocycles. The third-order valence-corrected chi connectivity index (χ3v) is 3.42. The van der Waals surface area contributed by atoms with Crippen molar-refractivity contribution >= 4 is 11.9 Å². The van der Waals surface area contributed by atoms with Gasteiger partial charge in [0.25, 0.3) is 0 Å². The summed E-state index contributed by atoms with van der Waals surface area (Å²) in [4.78, 5) is 25.4. The molecular formula is C13H26N4O3. The van der Waals surface area contributed by atoms with Crippen LogP contribution in [0.1, 0.15) is 19.8 Å². The molecular weight excluding hydrogens is 260 g/mol. The smallest absolute Gasteiger partial charge is 0.321 e. The number of carbonyl (C=O) groups is 2. The SMILES string of the molecule is CCN(CC(=O)NC(=O)NCCOC)C1CCNCC1. The summed E-state index contributed by atoms with van der Waals surface area (Å²) in [5, 5.41) is 8.21. The average Bonchev–Trinajstić information content (AvgIpc) is 2.46. The van der Waals surface area contributed by atoms with E-state index in [0.717, 1.165) is 32.5 Å². The van der Waals surface area contributed by atoms with Gasteiger partial charge in [-0.3, -0.25) is 15.0 Å². The zero-order chi connectivity index (χ0) is 14.8. The van der Waals surface area contributed by atoms with Gasteiger partial charge in [-0.2, -0.15) is 0 Å². The van der Waals surface area contributed by atoms with Crippen molar-refractivity contribution in [3.63, 3.8) is 0 Å². The molecule has 0 radical (unpaired) electrons. The number of piperidine rings is 1. The van der Waals surface area contributed by atoms with Crippen molar-refractivity contribution in [3.05, 3.63) is 0 Å². The summed E-state index contributed by atoms with van der Waals surface area (Å²) >= 11 is 0. The van der Waals surface area contributed by atoms with Gasteiger partial charge in [0, 0.05) is 19.7 Å². The topological polar surface area (TPSA) is 82.7 Å². The highest BCUT2D eigenvalue weighted by molar-refractivity contribution is 5.95. The quantitative estimate of drug-likeness (QED) is 0.551. The van der Waals surface area contributed by atoms with Crippen LogP contribution in [0.4, 0.5) is 4.79 Å². The minimum absolute atomic E-state index is 0.263. The van der Waals surface area contributed by atoms with Crippen molar-refractivity contribution in [2.24, 2.45) is 0 Å². The molecule has 3 N–H and O–H groups in total. The number of hydrogen-bond acceptors (Lipinski definition) is 5. The van der Waals surface area contributed by atoms with Gasteiger partial charge in [0.05, 0.1) is 13.2 Å². The van der Waals surface area contributed by atoms with E-state index in [2.05, 4.69) is 20.9 Å². The number of nitrogens with zero attached hydrogens (tertiary/aromatic N) is 1. The molecule has 7 nitrogen and oxygen atoms in total. The minimum atomic E-state index is -0.464. The van der Waals surface area contributed by atoms with Crippen LogP contribution in [-0.4, -0.2) is 69.3 Å². The Labute approximate surface area is 120 Å². The third-order valence-electron chi connectivity index (χ3n) is 3.42. The highest BCUT2D eigenvalue weighted by Gasteiger charge is 2.22. The van der Waals surface area contributed by atoms with E-state index in [1.54, 1.807) is 7.11 Å². The summed E-state index contributed by atoms with van der Waals surface area (Å²) in [5.41, 5.74) is 0. The Morgan fingerprint density at radius 3 is 2.65 bits per heavy atom. The maximum absolute atomic E-state index is 11.8. The fourth-order valence-electron chi connectivity index (χ4n) is 2.33. The van der Waals surface area contributed by atoms with E-state index in [4.69, 9.17) is 4.74 Å². The number of carbonyl (C=O) groups excluding carboxylic acids is 2. The number of ether oxygens (including phenoxy) is 1. The normalized spacial score (nSPS) is 16.1. The van der Waals surface area contributed by atoms with Crippen LogP contribution >= 0.6 is 0 Å². The van der Waals surface area contributed by atoms with E-state index in [9.17, 15) is 9.59 Å². The monoisotopic (exact) mass is 286 g/mol. The van der Waals surface area contributed by atoms with Crippen molar-refractivity contribution in [2.75, 3.05) is 46.4 Å². The van der Waals surface area contributed by atoms with Crippen molar-refractivity contribution in [2.45, 2.75) is 25.8 Å². The molecule has 0 aromatic rings. The third kappa shape index (κ3) is 6.31. The molecule has 0 aromatic heterocycles. The zero-order valence-corrected chi connectivity index (χ0v) is 12.4. The first-order valence-corrected chi connectivity index (χ1v) is 7.18. The number of nitrogens with one attached hydrogen (secondary N) is 3. The Kier molecular flexibility index (Phi) is 8.17. The lowest BCUT2D eigenvalue weighted by molar-refractivity contribution is -0.121. The molecule has 0 spiro atoms. The number of rotatable bonds is 7. The summed E-state index contributed by atoms with van der Waals surface area (Å²) in [5.74, 6) is -0.264. The lowest BCUT2D eigenvalue weighted by atomic mass is 10.0. The molecule has 20 heavy (non-hydrogen) atoms. The number of methoxy groups -OCH3 is 1. The highest BCUT2D eigenvalue weighted by atomic mass is 16.5. The molecule has 0 aromatic carbocycles. The Hall–Kier alpha value is -1.18. The van der Waals surface area contributed by atoms with E-state index in [1.165, 1.54) is 0 Å². The van der Waals surface area contributed by atoms with Crippen LogP contribution in [0.5, 0.6) is 0 Å². The van der Waals surface area contributed by atoms with Gasteiger partial charge in [0.1, 0.15) is 0 Å². The number of amides is 3. The van der Waals surface area contributed by atoms with E-state index < -0.39 is 6.03 Å². The van der Waals surface area contributed by atoms with Gasteiger partial charge >= 0.3 is 6.03 Å². The molecule has 1 aliphatic heterocycles. The first kappa shape index (κ1) is 16.9. The van der Waals surface area contributed by atoms with E-state index in [-0.39, 0.29) is 12.5 Å². The molecule has 116 valence electrons. The Morgan fingerprint density at radius 1 is 1.35 bits per heavy atom. The first-order valence-electron chi connectivity index (χ1n) is 7.18. The van der Waals surface area contributed by atoms with Crippen LogP contribution in [0.3, 0.4) is 0 Å². The van der Waals surface area contributed by atoms with Gasteiger partial charge in [-0.15, -0.1) is 0 Å². The molecule has 1 rings (SSSR count). The summed E-state index contributed by atoms with van der Waals surface area (Å²) in [7, 11) is 1.56. The van der Waals surface area contributed by atoms with Crippen LogP contribution in [0, 0.1) is 0 Å².